The molecule has 7 heteroatoms. The van der Waals surface area contributed by atoms with Crippen LogP contribution >= 0.6 is 39.1 Å². The lowest BCUT2D eigenvalue weighted by Crippen LogP contribution is -2.19. The molecule has 166 valence electrons. The van der Waals surface area contributed by atoms with Crippen LogP contribution < -0.4 is 10.2 Å². The van der Waals surface area contributed by atoms with Gasteiger partial charge in [-0.1, -0.05) is 87.7 Å². The van der Waals surface area contributed by atoms with Gasteiger partial charge in [0, 0.05) is 10.0 Å². The van der Waals surface area contributed by atoms with E-state index in [1.165, 1.54) is 0 Å². The van der Waals surface area contributed by atoms with Crippen LogP contribution in [0.2, 0.25) is 10.0 Å². The van der Waals surface area contributed by atoms with Gasteiger partial charge in [0.2, 0.25) is 5.91 Å². The highest BCUT2D eigenvalue weighted by molar-refractivity contribution is 9.10. The van der Waals surface area contributed by atoms with Crippen LogP contribution in [-0.4, -0.2) is 12.1 Å². The van der Waals surface area contributed by atoms with Crippen LogP contribution in [0.5, 0.6) is 5.75 Å². The van der Waals surface area contributed by atoms with Crippen molar-refractivity contribution in [3.63, 3.8) is 0 Å². The standard InChI is InChI=1S/C26H19BrCl2N2O2/c27-20-9-5-17(6-10-20)14-26(32)31-30-15-22-21-4-2-1-3-19(21)8-12-25(22)33-16-18-7-11-23(28)24(29)13-18/h1-13,15H,14,16H2,(H,31,32)/b30-15+. The fourth-order valence-electron chi connectivity index (χ4n) is 3.32. The maximum atomic E-state index is 12.3. The largest absolute Gasteiger partial charge is 0.488 e. The topological polar surface area (TPSA) is 50.7 Å². The van der Waals surface area contributed by atoms with Gasteiger partial charge >= 0.3 is 0 Å². The predicted octanol–water partition coefficient (Wildman–Crippen LogP) is 7.18. The molecule has 0 aliphatic rings. The Labute approximate surface area is 210 Å². The van der Waals surface area contributed by atoms with E-state index in [9.17, 15) is 4.79 Å². The van der Waals surface area contributed by atoms with E-state index in [-0.39, 0.29) is 12.3 Å². The summed E-state index contributed by atoms with van der Waals surface area (Å²) in [4.78, 5) is 12.3. The van der Waals surface area contributed by atoms with Crippen molar-refractivity contribution in [3.05, 3.63) is 110 Å². The second-order valence-corrected chi connectivity index (χ2v) is 9.06. The number of fused-ring (bicyclic) bond motifs is 1. The SMILES string of the molecule is O=C(Cc1ccc(Br)cc1)N/N=C/c1c(OCc2ccc(Cl)c(Cl)c2)ccc2ccccc12. The van der Waals surface area contributed by atoms with Gasteiger partial charge in [0.25, 0.3) is 0 Å². The van der Waals surface area contributed by atoms with E-state index in [1.807, 2.05) is 66.7 Å². The minimum absolute atomic E-state index is 0.202. The minimum atomic E-state index is -0.202. The zero-order valence-electron chi connectivity index (χ0n) is 17.4. The maximum absolute atomic E-state index is 12.3. The molecular weight excluding hydrogens is 523 g/mol. The number of hydrogen-bond acceptors (Lipinski definition) is 3. The molecular formula is C26H19BrCl2N2O2. The van der Waals surface area contributed by atoms with E-state index in [0.29, 0.717) is 22.4 Å². The summed E-state index contributed by atoms with van der Waals surface area (Å²) in [6, 6.07) is 24.8. The van der Waals surface area contributed by atoms with Crippen LogP contribution in [0.3, 0.4) is 0 Å². The number of carbonyl (C=O) groups is 1. The molecule has 0 aromatic heterocycles. The van der Waals surface area contributed by atoms with Crippen LogP contribution in [0, 0.1) is 0 Å². The highest BCUT2D eigenvalue weighted by atomic mass is 79.9. The summed E-state index contributed by atoms with van der Waals surface area (Å²) in [5.41, 5.74) is 5.18. The number of rotatable bonds is 7. The van der Waals surface area contributed by atoms with E-state index in [1.54, 1.807) is 18.3 Å². The van der Waals surface area contributed by atoms with Gasteiger partial charge in [-0.25, -0.2) is 5.43 Å². The van der Waals surface area contributed by atoms with Gasteiger partial charge in [-0.3, -0.25) is 4.79 Å². The van der Waals surface area contributed by atoms with Gasteiger partial charge in [-0.05, 0) is 52.2 Å². The van der Waals surface area contributed by atoms with Crippen LogP contribution in [0.4, 0.5) is 0 Å². The molecule has 0 aliphatic carbocycles. The number of hydrazone groups is 1. The monoisotopic (exact) mass is 540 g/mol. The highest BCUT2D eigenvalue weighted by Gasteiger charge is 2.09. The zero-order valence-corrected chi connectivity index (χ0v) is 20.5. The second kappa shape index (κ2) is 10.8. The van der Waals surface area contributed by atoms with Crippen LogP contribution in [-0.2, 0) is 17.8 Å². The number of halogens is 3. The van der Waals surface area contributed by atoms with Crippen molar-refractivity contribution in [2.45, 2.75) is 13.0 Å². The molecule has 1 amide bonds. The summed E-state index contributed by atoms with van der Waals surface area (Å²) in [7, 11) is 0. The normalized spacial score (nSPS) is 11.1. The Kier molecular flexibility index (Phi) is 7.65. The summed E-state index contributed by atoms with van der Waals surface area (Å²) in [6.45, 7) is 0.312. The number of ether oxygens (including phenoxy) is 1. The molecule has 33 heavy (non-hydrogen) atoms. The first kappa shape index (κ1) is 23.3. The number of amides is 1. The minimum Gasteiger partial charge on any atom is -0.488 e. The maximum Gasteiger partial charge on any atom is 0.244 e. The number of benzene rings is 4. The third kappa shape index (κ3) is 6.14. The molecule has 0 saturated carbocycles. The molecule has 0 atom stereocenters. The average Bonchev–Trinajstić information content (AvgIpc) is 2.82. The van der Waals surface area contributed by atoms with E-state index in [2.05, 4.69) is 26.5 Å². The Hall–Kier alpha value is -2.86. The van der Waals surface area contributed by atoms with Crippen molar-refractivity contribution in [3.8, 4) is 5.75 Å². The third-order valence-corrected chi connectivity index (χ3v) is 6.24. The highest BCUT2D eigenvalue weighted by Crippen LogP contribution is 2.28. The third-order valence-electron chi connectivity index (χ3n) is 4.97. The lowest BCUT2D eigenvalue weighted by atomic mass is 10.0. The summed E-state index contributed by atoms with van der Waals surface area (Å²) in [5.74, 6) is 0.442. The first-order valence-corrected chi connectivity index (χ1v) is 11.7. The first-order chi connectivity index (χ1) is 16.0. The summed E-state index contributed by atoms with van der Waals surface area (Å²) in [6.07, 6.45) is 1.85. The number of nitrogens with one attached hydrogen (secondary N) is 1. The fraction of sp³-hybridized carbons (Fsp3) is 0.0769. The molecule has 4 nitrogen and oxygen atoms in total. The lowest BCUT2D eigenvalue weighted by molar-refractivity contribution is -0.120. The smallest absolute Gasteiger partial charge is 0.244 e. The van der Waals surface area contributed by atoms with Crippen LogP contribution in [0.25, 0.3) is 10.8 Å². The van der Waals surface area contributed by atoms with Crippen LogP contribution in [0.15, 0.2) is 88.4 Å². The number of hydrogen-bond donors (Lipinski definition) is 1. The molecule has 0 bridgehead atoms. The Morgan fingerprint density at radius 3 is 2.48 bits per heavy atom. The Balaban J connectivity index is 1.52. The first-order valence-electron chi connectivity index (χ1n) is 10.1. The molecule has 0 unspecified atom stereocenters. The molecule has 4 aromatic rings. The number of nitrogens with zero attached hydrogens (tertiary/aromatic N) is 1. The van der Waals surface area contributed by atoms with E-state index in [0.717, 1.165) is 31.9 Å². The fourth-order valence-corrected chi connectivity index (χ4v) is 3.91. The predicted molar refractivity (Wildman–Crippen MR) is 138 cm³/mol. The van der Waals surface area contributed by atoms with E-state index < -0.39 is 0 Å². The molecule has 0 aliphatic heterocycles. The summed E-state index contributed by atoms with van der Waals surface area (Å²) < 4.78 is 7.05. The summed E-state index contributed by atoms with van der Waals surface area (Å²) >= 11 is 15.5. The van der Waals surface area contributed by atoms with Gasteiger partial charge in [-0.15, -0.1) is 0 Å². The lowest BCUT2D eigenvalue weighted by Gasteiger charge is -2.12. The van der Waals surface area contributed by atoms with Gasteiger partial charge in [0.15, 0.2) is 0 Å². The Morgan fingerprint density at radius 2 is 1.70 bits per heavy atom. The van der Waals surface area contributed by atoms with E-state index in [4.69, 9.17) is 27.9 Å². The van der Waals surface area contributed by atoms with E-state index >= 15 is 0 Å². The van der Waals surface area contributed by atoms with Crippen molar-refractivity contribution in [2.75, 3.05) is 0 Å². The van der Waals surface area contributed by atoms with Gasteiger partial charge in [0.05, 0.1) is 22.7 Å². The molecule has 0 heterocycles. The average molecular weight is 542 g/mol. The van der Waals surface area contributed by atoms with Crippen molar-refractivity contribution in [1.29, 1.82) is 0 Å². The van der Waals surface area contributed by atoms with Crippen molar-refractivity contribution in [1.82, 2.24) is 5.43 Å². The zero-order chi connectivity index (χ0) is 23.2. The Bertz CT molecular complexity index is 1320. The molecule has 4 rings (SSSR count). The molecule has 1 N–H and O–H groups in total. The molecule has 0 spiro atoms. The second-order valence-electron chi connectivity index (χ2n) is 7.33. The van der Waals surface area contributed by atoms with Crippen molar-refractivity contribution < 1.29 is 9.53 Å². The van der Waals surface area contributed by atoms with Crippen molar-refractivity contribution in [2.24, 2.45) is 5.10 Å². The quantitative estimate of drug-likeness (QED) is 0.199. The van der Waals surface area contributed by atoms with Gasteiger partial charge in [-0.2, -0.15) is 5.10 Å². The molecule has 0 saturated heterocycles. The van der Waals surface area contributed by atoms with Crippen LogP contribution in [0.1, 0.15) is 16.7 Å². The molecule has 4 aromatic carbocycles. The molecule has 0 fully saturated rings. The molecule has 0 radical (unpaired) electrons. The number of carbonyl (C=O) groups excluding carboxylic acids is 1. The Morgan fingerprint density at radius 1 is 0.939 bits per heavy atom. The van der Waals surface area contributed by atoms with Gasteiger partial charge < -0.3 is 4.74 Å². The van der Waals surface area contributed by atoms with Crippen molar-refractivity contribution >= 4 is 62.0 Å². The summed E-state index contributed by atoms with van der Waals surface area (Å²) in [5, 5.41) is 7.18. The van der Waals surface area contributed by atoms with Gasteiger partial charge in [0.1, 0.15) is 12.4 Å².